The quantitative estimate of drug-likeness (QED) is 0.898. The molecule has 1 aromatic heterocycles. The normalized spacial score (nSPS) is 16.9. The Morgan fingerprint density at radius 1 is 1.40 bits per heavy atom. The molecule has 0 radical (unpaired) electrons. The Bertz CT molecular complexity index is 679. The van der Waals surface area contributed by atoms with Crippen LogP contribution in [0.25, 0.3) is 10.1 Å². The standard InChI is InChI=1S/C14H13Cl2NO2S/c15-8-2-3-9-10(6-8)20-12(11(9)16)13(18)17-7-14(19)4-1-5-14/h2-3,6,19H,1,4-5,7H2,(H,17,18). The molecule has 0 saturated heterocycles. The molecule has 1 heterocycles. The third-order valence-electron chi connectivity index (χ3n) is 3.66. The summed E-state index contributed by atoms with van der Waals surface area (Å²) in [5, 5.41) is 14.6. The molecule has 0 unspecified atom stereocenters. The first-order chi connectivity index (χ1) is 9.48. The minimum Gasteiger partial charge on any atom is -0.388 e. The first-order valence-electron chi connectivity index (χ1n) is 6.37. The topological polar surface area (TPSA) is 49.3 Å². The zero-order chi connectivity index (χ0) is 14.3. The number of benzene rings is 1. The Morgan fingerprint density at radius 3 is 2.80 bits per heavy atom. The largest absolute Gasteiger partial charge is 0.388 e. The van der Waals surface area contributed by atoms with Crippen LogP contribution in [-0.2, 0) is 0 Å². The first-order valence-corrected chi connectivity index (χ1v) is 7.94. The van der Waals surface area contributed by atoms with Crippen molar-refractivity contribution in [1.82, 2.24) is 5.32 Å². The fraction of sp³-hybridized carbons (Fsp3) is 0.357. The summed E-state index contributed by atoms with van der Waals surface area (Å²) >= 11 is 13.5. The number of carbonyl (C=O) groups is 1. The van der Waals surface area contributed by atoms with E-state index in [-0.39, 0.29) is 12.5 Å². The van der Waals surface area contributed by atoms with E-state index < -0.39 is 5.60 Å². The molecule has 20 heavy (non-hydrogen) atoms. The molecule has 0 atom stereocenters. The van der Waals surface area contributed by atoms with E-state index in [4.69, 9.17) is 23.2 Å². The SMILES string of the molecule is O=C(NCC1(O)CCC1)c1sc2cc(Cl)ccc2c1Cl. The molecule has 106 valence electrons. The van der Waals surface area contributed by atoms with Crippen LogP contribution in [0, 0.1) is 0 Å². The third-order valence-corrected chi connectivity index (χ3v) is 5.55. The lowest BCUT2D eigenvalue weighted by atomic mass is 9.80. The van der Waals surface area contributed by atoms with Crippen molar-refractivity contribution in [3.05, 3.63) is 33.1 Å². The maximum Gasteiger partial charge on any atom is 0.263 e. The fourth-order valence-electron chi connectivity index (χ4n) is 2.27. The minimum absolute atomic E-state index is 0.243. The number of rotatable bonds is 3. The molecule has 1 fully saturated rings. The molecule has 2 N–H and O–H groups in total. The van der Waals surface area contributed by atoms with Gasteiger partial charge in [0, 0.05) is 21.7 Å². The third kappa shape index (κ3) is 2.53. The van der Waals surface area contributed by atoms with Crippen molar-refractivity contribution >= 4 is 50.5 Å². The van der Waals surface area contributed by atoms with Gasteiger partial charge >= 0.3 is 0 Å². The maximum atomic E-state index is 12.2. The molecule has 1 aliphatic carbocycles. The van der Waals surface area contributed by atoms with Gasteiger partial charge in [-0.05, 0) is 31.4 Å². The summed E-state index contributed by atoms with van der Waals surface area (Å²) < 4.78 is 0.884. The molecule has 1 saturated carbocycles. The maximum absolute atomic E-state index is 12.2. The molecule has 0 aliphatic heterocycles. The highest BCUT2D eigenvalue weighted by Gasteiger charge is 2.34. The Hall–Kier alpha value is -0.810. The number of amides is 1. The lowest BCUT2D eigenvalue weighted by Crippen LogP contribution is -2.47. The van der Waals surface area contributed by atoms with Gasteiger partial charge in [0.1, 0.15) is 4.88 Å². The lowest BCUT2D eigenvalue weighted by molar-refractivity contribution is -0.0300. The Kier molecular flexibility index (Phi) is 3.67. The van der Waals surface area contributed by atoms with Gasteiger partial charge in [-0.3, -0.25) is 4.79 Å². The van der Waals surface area contributed by atoms with Crippen molar-refractivity contribution in [1.29, 1.82) is 0 Å². The second-order valence-corrected chi connectivity index (χ2v) is 7.01. The number of halogens is 2. The van der Waals surface area contributed by atoms with Crippen LogP contribution in [-0.4, -0.2) is 23.2 Å². The fourth-order valence-corrected chi connectivity index (χ4v) is 3.98. The molecule has 1 aromatic carbocycles. The van der Waals surface area contributed by atoms with Gasteiger partial charge in [-0.25, -0.2) is 0 Å². The highest BCUT2D eigenvalue weighted by atomic mass is 35.5. The van der Waals surface area contributed by atoms with Crippen molar-refractivity contribution < 1.29 is 9.90 Å². The minimum atomic E-state index is -0.734. The van der Waals surface area contributed by atoms with Gasteiger partial charge < -0.3 is 10.4 Å². The number of carbonyl (C=O) groups excluding carboxylic acids is 1. The van der Waals surface area contributed by atoms with Gasteiger partial charge in [0.2, 0.25) is 0 Å². The van der Waals surface area contributed by atoms with Crippen LogP contribution in [0.3, 0.4) is 0 Å². The van der Waals surface area contributed by atoms with Crippen LogP contribution in [0.15, 0.2) is 18.2 Å². The molecule has 1 amide bonds. The molecule has 2 aromatic rings. The second-order valence-electron chi connectivity index (χ2n) is 5.15. The summed E-state index contributed by atoms with van der Waals surface area (Å²) in [7, 11) is 0. The Labute approximate surface area is 130 Å². The average molecular weight is 330 g/mol. The summed E-state index contributed by atoms with van der Waals surface area (Å²) in [6, 6.07) is 5.36. The molecule has 6 heteroatoms. The summed E-state index contributed by atoms with van der Waals surface area (Å²) in [6.07, 6.45) is 2.49. The predicted molar refractivity (Wildman–Crippen MR) is 83.0 cm³/mol. The van der Waals surface area contributed by atoms with E-state index in [0.717, 1.165) is 29.3 Å². The van der Waals surface area contributed by atoms with Gasteiger partial charge in [0.15, 0.2) is 0 Å². The van der Waals surface area contributed by atoms with Crippen LogP contribution in [0.4, 0.5) is 0 Å². The average Bonchev–Trinajstić information content (AvgIpc) is 2.70. The molecule has 0 spiro atoms. The van der Waals surface area contributed by atoms with Gasteiger partial charge in [0.05, 0.1) is 10.6 Å². The number of nitrogens with one attached hydrogen (secondary N) is 1. The number of hydrogen-bond acceptors (Lipinski definition) is 3. The van der Waals surface area contributed by atoms with Crippen LogP contribution in [0.5, 0.6) is 0 Å². The van der Waals surface area contributed by atoms with Crippen LogP contribution in [0.1, 0.15) is 28.9 Å². The number of hydrogen-bond donors (Lipinski definition) is 2. The van der Waals surface area contributed by atoms with E-state index in [1.54, 1.807) is 12.1 Å². The van der Waals surface area contributed by atoms with Gasteiger partial charge in [-0.15, -0.1) is 11.3 Å². The molecular formula is C14H13Cl2NO2S. The van der Waals surface area contributed by atoms with E-state index in [1.165, 1.54) is 11.3 Å². The van der Waals surface area contributed by atoms with Crippen LogP contribution < -0.4 is 5.32 Å². The van der Waals surface area contributed by atoms with E-state index in [9.17, 15) is 9.90 Å². The van der Waals surface area contributed by atoms with Crippen molar-refractivity contribution in [3.63, 3.8) is 0 Å². The monoisotopic (exact) mass is 329 g/mol. The number of fused-ring (bicyclic) bond motifs is 1. The first kappa shape index (κ1) is 14.1. The summed E-state index contributed by atoms with van der Waals surface area (Å²) in [5.74, 6) is -0.243. The van der Waals surface area contributed by atoms with E-state index >= 15 is 0 Å². The second kappa shape index (κ2) is 5.19. The molecule has 0 bridgehead atoms. The molecule has 1 aliphatic rings. The molecule has 3 rings (SSSR count). The summed E-state index contributed by atoms with van der Waals surface area (Å²) in [5.41, 5.74) is -0.734. The van der Waals surface area contributed by atoms with Crippen molar-refractivity contribution in [3.8, 4) is 0 Å². The van der Waals surface area contributed by atoms with E-state index in [0.29, 0.717) is 14.9 Å². The summed E-state index contributed by atoms with van der Waals surface area (Å²) in [6.45, 7) is 0.275. The predicted octanol–water partition coefficient (Wildman–Crippen LogP) is 3.85. The highest BCUT2D eigenvalue weighted by Crippen LogP contribution is 2.37. The Morgan fingerprint density at radius 2 is 2.15 bits per heavy atom. The van der Waals surface area contributed by atoms with Crippen LogP contribution in [0.2, 0.25) is 10.0 Å². The molecular weight excluding hydrogens is 317 g/mol. The zero-order valence-corrected chi connectivity index (χ0v) is 12.9. The van der Waals surface area contributed by atoms with Gasteiger partial charge in [-0.2, -0.15) is 0 Å². The Balaban J connectivity index is 1.82. The van der Waals surface area contributed by atoms with Crippen molar-refractivity contribution in [2.75, 3.05) is 6.54 Å². The van der Waals surface area contributed by atoms with Crippen LogP contribution >= 0.6 is 34.5 Å². The summed E-state index contributed by atoms with van der Waals surface area (Å²) in [4.78, 5) is 12.6. The van der Waals surface area contributed by atoms with Crippen molar-refractivity contribution in [2.45, 2.75) is 24.9 Å². The molecule has 3 nitrogen and oxygen atoms in total. The number of aliphatic hydroxyl groups is 1. The lowest BCUT2D eigenvalue weighted by Gasteiger charge is -2.36. The van der Waals surface area contributed by atoms with Crippen molar-refractivity contribution in [2.24, 2.45) is 0 Å². The highest BCUT2D eigenvalue weighted by molar-refractivity contribution is 7.21. The van der Waals surface area contributed by atoms with Gasteiger partial charge in [0.25, 0.3) is 5.91 Å². The smallest absolute Gasteiger partial charge is 0.263 e. The van der Waals surface area contributed by atoms with E-state index in [1.807, 2.05) is 6.07 Å². The van der Waals surface area contributed by atoms with E-state index in [2.05, 4.69) is 5.32 Å². The zero-order valence-electron chi connectivity index (χ0n) is 10.6. The van der Waals surface area contributed by atoms with Gasteiger partial charge in [-0.1, -0.05) is 29.3 Å². The number of thiophene rings is 1.